The molecule has 0 bridgehead atoms. The number of nitrogens with zero attached hydrogens (tertiary/aromatic N) is 1. The summed E-state index contributed by atoms with van der Waals surface area (Å²) in [7, 11) is 0. The zero-order chi connectivity index (χ0) is 15.6. The highest BCUT2D eigenvalue weighted by molar-refractivity contribution is 5.97. The van der Waals surface area contributed by atoms with Crippen LogP contribution >= 0.6 is 0 Å². The predicted molar refractivity (Wildman–Crippen MR) is 62.5 cm³/mol. The second-order valence-electron chi connectivity index (χ2n) is 4.26. The average molecular weight is 288 g/mol. The molecule has 0 saturated heterocycles. The highest BCUT2D eigenvalue weighted by Crippen LogP contribution is 2.33. The molecule has 0 aliphatic heterocycles. The van der Waals surface area contributed by atoms with Crippen molar-refractivity contribution in [2.75, 3.05) is 11.9 Å². The van der Waals surface area contributed by atoms with E-state index in [0.717, 1.165) is 19.1 Å². The summed E-state index contributed by atoms with van der Waals surface area (Å²) in [5.41, 5.74) is -4.13. The molecule has 0 fully saturated rings. The van der Waals surface area contributed by atoms with E-state index < -0.39 is 35.4 Å². The lowest BCUT2D eigenvalue weighted by atomic mass is 10.1. The number of benzene rings is 1. The van der Waals surface area contributed by atoms with Crippen LogP contribution in [0.3, 0.4) is 0 Å². The van der Waals surface area contributed by atoms with Gasteiger partial charge in [-0.05, 0) is 25.1 Å². The van der Waals surface area contributed by atoms with Gasteiger partial charge in [0.15, 0.2) is 5.60 Å². The minimum Gasteiger partial charge on any atom is -0.393 e. The molecule has 8 heteroatoms. The van der Waals surface area contributed by atoms with E-state index in [2.05, 4.69) is 0 Å². The zero-order valence-corrected chi connectivity index (χ0v) is 10.3. The number of amides is 1. The molecular formula is C12H11F3N2O3. The molecule has 108 valence electrons. The number of rotatable bonds is 3. The van der Waals surface area contributed by atoms with Crippen molar-refractivity contribution in [2.24, 2.45) is 0 Å². The molecule has 1 amide bonds. The van der Waals surface area contributed by atoms with E-state index in [1.165, 1.54) is 6.07 Å². The maximum absolute atomic E-state index is 12.7. The number of alkyl halides is 3. The summed E-state index contributed by atoms with van der Waals surface area (Å²) < 4.78 is 38.1. The summed E-state index contributed by atoms with van der Waals surface area (Å²) >= 11 is 0. The van der Waals surface area contributed by atoms with Crippen LogP contribution in [0.1, 0.15) is 18.1 Å². The molecule has 0 spiro atoms. The van der Waals surface area contributed by atoms with Gasteiger partial charge in [-0.25, -0.2) is 0 Å². The average Bonchev–Trinajstić information content (AvgIpc) is 2.37. The van der Waals surface area contributed by atoms with E-state index in [1.54, 1.807) is 0 Å². The van der Waals surface area contributed by atoms with E-state index >= 15 is 0 Å². The van der Waals surface area contributed by atoms with Crippen molar-refractivity contribution in [3.63, 3.8) is 0 Å². The van der Waals surface area contributed by atoms with Gasteiger partial charge in [-0.3, -0.25) is 4.79 Å². The van der Waals surface area contributed by atoms with Crippen LogP contribution in [0.2, 0.25) is 0 Å². The van der Waals surface area contributed by atoms with E-state index in [9.17, 15) is 23.1 Å². The second kappa shape index (κ2) is 5.48. The van der Waals surface area contributed by atoms with Crippen LogP contribution in [0.5, 0.6) is 0 Å². The van der Waals surface area contributed by atoms with Crippen molar-refractivity contribution in [1.29, 1.82) is 5.26 Å². The van der Waals surface area contributed by atoms with Crippen molar-refractivity contribution in [2.45, 2.75) is 18.7 Å². The third kappa shape index (κ3) is 3.46. The Labute approximate surface area is 112 Å². The number of carbonyl (C=O) groups excluding carboxylic acids is 1. The molecule has 0 saturated carbocycles. The van der Waals surface area contributed by atoms with Crippen LogP contribution in [-0.2, 0) is 11.0 Å². The Bertz CT molecular complexity index is 562. The molecule has 20 heavy (non-hydrogen) atoms. The number of carbonyl (C=O) groups is 1. The second-order valence-corrected chi connectivity index (χ2v) is 4.26. The smallest absolute Gasteiger partial charge is 0.393 e. The van der Waals surface area contributed by atoms with Crippen LogP contribution in [-0.4, -0.2) is 28.3 Å². The van der Waals surface area contributed by atoms with Crippen molar-refractivity contribution >= 4 is 11.6 Å². The number of nitriles is 1. The van der Waals surface area contributed by atoms with Crippen molar-refractivity contribution in [3.05, 3.63) is 29.3 Å². The summed E-state index contributed by atoms with van der Waals surface area (Å²) in [6.07, 6.45) is -4.74. The number of aliphatic hydroxyl groups excluding tert-OH is 1. The van der Waals surface area contributed by atoms with Gasteiger partial charge in [0, 0.05) is 5.69 Å². The van der Waals surface area contributed by atoms with Crippen molar-refractivity contribution < 1.29 is 28.2 Å². The Hall–Kier alpha value is -2.11. The number of hydrogen-bond acceptors (Lipinski definition) is 4. The first-order valence-corrected chi connectivity index (χ1v) is 5.38. The summed E-state index contributed by atoms with van der Waals surface area (Å²) in [5.74, 6) is -1.06. The fraction of sp³-hybridized carbons (Fsp3) is 0.333. The maximum atomic E-state index is 12.7. The molecule has 0 radical (unpaired) electrons. The van der Waals surface area contributed by atoms with E-state index in [1.807, 2.05) is 5.32 Å². The molecule has 3 N–H and O–H groups in total. The van der Waals surface area contributed by atoms with Gasteiger partial charge in [0.1, 0.15) is 0 Å². The molecule has 5 nitrogen and oxygen atoms in total. The number of aliphatic hydroxyl groups is 2. The lowest BCUT2D eigenvalue weighted by Gasteiger charge is -2.20. The summed E-state index contributed by atoms with van der Waals surface area (Å²) in [4.78, 5) is 11.5. The van der Waals surface area contributed by atoms with Gasteiger partial charge in [0.25, 0.3) is 5.91 Å². The maximum Gasteiger partial charge on any atom is 0.417 e. The van der Waals surface area contributed by atoms with Gasteiger partial charge in [0.2, 0.25) is 0 Å². The Morgan fingerprint density at radius 1 is 1.45 bits per heavy atom. The predicted octanol–water partition coefficient (Wildman–Crippen LogP) is 1.26. The van der Waals surface area contributed by atoms with E-state index in [0.29, 0.717) is 6.07 Å². The minimum atomic E-state index is -4.74. The summed E-state index contributed by atoms with van der Waals surface area (Å²) in [6.45, 7) is 0.123. The molecule has 1 atom stereocenters. The van der Waals surface area contributed by atoms with Crippen LogP contribution in [0, 0.1) is 11.3 Å². The Balaban J connectivity index is 3.12. The minimum absolute atomic E-state index is 0.241. The molecule has 1 rings (SSSR count). The molecule has 0 aromatic heterocycles. The van der Waals surface area contributed by atoms with Crippen LogP contribution in [0.15, 0.2) is 18.2 Å². The molecular weight excluding hydrogens is 277 g/mol. The fourth-order valence-electron chi connectivity index (χ4n) is 1.29. The van der Waals surface area contributed by atoms with E-state index in [-0.39, 0.29) is 5.69 Å². The lowest BCUT2D eigenvalue weighted by molar-refractivity contribution is -0.138. The Kier molecular flexibility index (Phi) is 4.37. The molecule has 1 aromatic carbocycles. The van der Waals surface area contributed by atoms with Gasteiger partial charge in [-0.2, -0.15) is 18.4 Å². The van der Waals surface area contributed by atoms with Gasteiger partial charge in [-0.1, -0.05) is 0 Å². The standard InChI is InChI=1S/C12H11F3N2O3/c1-11(20,6-18)10(19)17-8-3-2-7(5-16)9(4-8)12(13,14)15/h2-4,18,20H,6H2,1H3,(H,17,19). The van der Waals surface area contributed by atoms with Crippen molar-refractivity contribution in [3.8, 4) is 6.07 Å². The molecule has 1 unspecified atom stereocenters. The van der Waals surface area contributed by atoms with Crippen LogP contribution < -0.4 is 5.32 Å². The van der Waals surface area contributed by atoms with Gasteiger partial charge in [0.05, 0.1) is 23.8 Å². The number of nitrogens with one attached hydrogen (secondary N) is 1. The zero-order valence-electron chi connectivity index (χ0n) is 10.3. The third-order valence-corrected chi connectivity index (χ3v) is 2.50. The molecule has 0 aliphatic carbocycles. The van der Waals surface area contributed by atoms with Crippen LogP contribution in [0.4, 0.5) is 18.9 Å². The summed E-state index contributed by atoms with van der Waals surface area (Å²) in [6, 6.07) is 3.99. The summed E-state index contributed by atoms with van der Waals surface area (Å²) in [5, 5.41) is 28.9. The largest absolute Gasteiger partial charge is 0.417 e. The topological polar surface area (TPSA) is 93.3 Å². The number of hydrogen-bond donors (Lipinski definition) is 3. The van der Waals surface area contributed by atoms with E-state index in [4.69, 9.17) is 10.4 Å². The monoisotopic (exact) mass is 288 g/mol. The highest BCUT2D eigenvalue weighted by atomic mass is 19.4. The fourth-order valence-corrected chi connectivity index (χ4v) is 1.29. The number of anilines is 1. The molecule has 1 aromatic rings. The van der Waals surface area contributed by atoms with Gasteiger partial charge >= 0.3 is 6.18 Å². The van der Waals surface area contributed by atoms with Crippen LogP contribution in [0.25, 0.3) is 0 Å². The SMILES string of the molecule is CC(O)(CO)C(=O)Nc1ccc(C#N)c(C(F)(F)F)c1. The Morgan fingerprint density at radius 3 is 2.50 bits per heavy atom. The normalized spacial score (nSPS) is 14.2. The first kappa shape index (κ1) is 15.9. The highest BCUT2D eigenvalue weighted by Gasteiger charge is 2.35. The quantitative estimate of drug-likeness (QED) is 0.780. The van der Waals surface area contributed by atoms with Gasteiger partial charge in [-0.15, -0.1) is 0 Å². The molecule has 0 heterocycles. The molecule has 0 aliphatic rings. The van der Waals surface area contributed by atoms with Crippen molar-refractivity contribution in [1.82, 2.24) is 0 Å². The van der Waals surface area contributed by atoms with Gasteiger partial charge < -0.3 is 15.5 Å². The number of halogens is 3. The lowest BCUT2D eigenvalue weighted by Crippen LogP contribution is -2.43. The first-order chi connectivity index (χ1) is 9.11. The third-order valence-electron chi connectivity index (χ3n) is 2.50. The first-order valence-electron chi connectivity index (χ1n) is 5.38. The Morgan fingerprint density at radius 2 is 2.05 bits per heavy atom.